The first kappa shape index (κ1) is 14.8. The summed E-state index contributed by atoms with van der Waals surface area (Å²) >= 11 is 6.12. The number of hydrogen-bond donors (Lipinski definition) is 1. The lowest BCUT2D eigenvalue weighted by atomic mass is 9.85. The Bertz CT molecular complexity index is 693. The van der Waals surface area contributed by atoms with Gasteiger partial charge in [0.05, 0.1) is 21.2 Å². The van der Waals surface area contributed by atoms with Gasteiger partial charge in [-0.3, -0.25) is 0 Å². The Kier molecular flexibility index (Phi) is 4.01. The molecule has 0 radical (unpaired) electrons. The van der Waals surface area contributed by atoms with Crippen molar-refractivity contribution in [1.82, 2.24) is 0 Å². The number of carboxylic acids is 1. The van der Waals surface area contributed by atoms with Crippen molar-refractivity contribution in [2.45, 2.75) is 26.4 Å². The largest absolute Gasteiger partial charge is 0.478 e. The third-order valence-electron chi connectivity index (χ3n) is 3.18. The van der Waals surface area contributed by atoms with E-state index in [1.165, 1.54) is 0 Å². The molecule has 108 valence electrons. The molecule has 6 nitrogen and oxygen atoms in total. The van der Waals surface area contributed by atoms with Crippen molar-refractivity contribution < 1.29 is 23.2 Å². The number of halogens is 1. The molecule has 2 atom stereocenters. The number of hydrogen-bond acceptors (Lipinski definition) is 5. The Balaban J connectivity index is 2.63. The molecule has 8 heteroatoms. The highest BCUT2D eigenvalue weighted by Crippen LogP contribution is 2.34. The summed E-state index contributed by atoms with van der Waals surface area (Å²) in [5.74, 6) is -1.84. The molecule has 2 unspecified atom stereocenters. The minimum atomic E-state index is -2.53. The van der Waals surface area contributed by atoms with Gasteiger partial charge in [-0.1, -0.05) is 23.7 Å². The predicted molar refractivity (Wildman–Crippen MR) is 74.3 cm³/mol. The molecular formula is C12H12ClNO5S. The van der Waals surface area contributed by atoms with E-state index in [1.54, 1.807) is 6.92 Å². The van der Waals surface area contributed by atoms with E-state index in [0.717, 1.165) is 6.08 Å². The van der Waals surface area contributed by atoms with Gasteiger partial charge in [0.25, 0.3) is 0 Å². The van der Waals surface area contributed by atoms with E-state index >= 15 is 0 Å². The Labute approximate surface area is 121 Å². The standard InChI is InChI=1S/C12H12ClNO5S/c1-5-3-8(14-19-5)10-6(2)9(20(17)18)4-7(11(10)13)12(15)16/h4-6H,3H2,1-2H3,(H,15,16). The van der Waals surface area contributed by atoms with Gasteiger partial charge in [0.15, 0.2) is 0 Å². The molecule has 0 bridgehead atoms. The first-order valence-electron chi connectivity index (χ1n) is 5.87. The lowest BCUT2D eigenvalue weighted by molar-refractivity contribution is -0.132. The van der Waals surface area contributed by atoms with Crippen LogP contribution in [0, 0.1) is 5.92 Å². The highest BCUT2D eigenvalue weighted by atomic mass is 35.5. The van der Waals surface area contributed by atoms with Crippen LogP contribution in [0.5, 0.6) is 0 Å². The van der Waals surface area contributed by atoms with Crippen molar-refractivity contribution in [2.24, 2.45) is 11.1 Å². The highest BCUT2D eigenvalue weighted by Gasteiger charge is 2.34. The molecule has 1 aliphatic carbocycles. The molecule has 0 saturated heterocycles. The lowest BCUT2D eigenvalue weighted by Gasteiger charge is -2.21. The first-order chi connectivity index (χ1) is 9.32. The number of carbonyl (C=O) groups is 1. The van der Waals surface area contributed by atoms with Crippen LogP contribution < -0.4 is 0 Å². The number of nitrogens with zero attached hydrogens (tertiary/aromatic N) is 1. The molecule has 1 N–H and O–H groups in total. The van der Waals surface area contributed by atoms with E-state index in [-0.39, 0.29) is 21.6 Å². The Morgan fingerprint density at radius 2 is 2.15 bits per heavy atom. The second kappa shape index (κ2) is 5.41. The molecule has 0 amide bonds. The summed E-state index contributed by atoms with van der Waals surface area (Å²) in [6.07, 6.45) is 1.40. The van der Waals surface area contributed by atoms with Gasteiger partial charge in [-0.2, -0.15) is 8.42 Å². The maximum atomic E-state index is 11.3. The second-order valence-corrected chi connectivity index (χ2v) is 5.93. The number of aliphatic carboxylic acids is 1. The normalized spacial score (nSPS) is 26.1. The van der Waals surface area contributed by atoms with Gasteiger partial charge in [-0.05, 0) is 13.0 Å². The van der Waals surface area contributed by atoms with Crippen molar-refractivity contribution >= 4 is 38.4 Å². The second-order valence-electron chi connectivity index (χ2n) is 4.61. The van der Waals surface area contributed by atoms with E-state index in [1.807, 2.05) is 6.92 Å². The van der Waals surface area contributed by atoms with Gasteiger partial charge in [0, 0.05) is 17.9 Å². The Morgan fingerprint density at radius 3 is 2.60 bits per heavy atom. The molecule has 0 aromatic rings. The zero-order chi connectivity index (χ0) is 15.0. The molecule has 0 aromatic heterocycles. The minimum Gasteiger partial charge on any atom is -0.478 e. The fourth-order valence-electron chi connectivity index (χ4n) is 2.19. The number of carboxylic acid groups (broad SMARTS) is 1. The average molecular weight is 318 g/mol. The van der Waals surface area contributed by atoms with Gasteiger partial charge in [0.1, 0.15) is 6.10 Å². The third-order valence-corrected chi connectivity index (χ3v) is 4.44. The molecule has 0 fully saturated rings. The van der Waals surface area contributed by atoms with Gasteiger partial charge in [-0.25, -0.2) is 4.79 Å². The van der Waals surface area contributed by atoms with Crippen LogP contribution in [0.4, 0.5) is 0 Å². The van der Waals surface area contributed by atoms with E-state index in [9.17, 15) is 13.2 Å². The van der Waals surface area contributed by atoms with Crippen LogP contribution in [0.2, 0.25) is 0 Å². The van der Waals surface area contributed by atoms with Gasteiger partial charge in [-0.15, -0.1) is 0 Å². The molecule has 0 saturated carbocycles. The van der Waals surface area contributed by atoms with Crippen LogP contribution in [0.3, 0.4) is 0 Å². The molecule has 2 aliphatic rings. The van der Waals surface area contributed by atoms with Crippen LogP contribution in [0.1, 0.15) is 20.3 Å². The zero-order valence-corrected chi connectivity index (χ0v) is 12.3. The quantitative estimate of drug-likeness (QED) is 0.776. The molecule has 0 spiro atoms. The molecule has 2 rings (SSSR count). The summed E-state index contributed by atoms with van der Waals surface area (Å²) in [6, 6.07) is 0. The fourth-order valence-corrected chi connectivity index (χ4v) is 3.22. The molecular weight excluding hydrogens is 306 g/mol. The average Bonchev–Trinajstić information content (AvgIpc) is 2.75. The van der Waals surface area contributed by atoms with Crippen molar-refractivity contribution in [2.75, 3.05) is 0 Å². The number of rotatable bonds is 2. The Hall–Kier alpha value is -1.60. The van der Waals surface area contributed by atoms with Gasteiger partial charge < -0.3 is 9.94 Å². The molecule has 20 heavy (non-hydrogen) atoms. The van der Waals surface area contributed by atoms with Crippen molar-refractivity contribution in [3.8, 4) is 0 Å². The monoisotopic (exact) mass is 317 g/mol. The van der Waals surface area contributed by atoms with Crippen LogP contribution >= 0.6 is 11.6 Å². The van der Waals surface area contributed by atoms with E-state index in [2.05, 4.69) is 5.16 Å². The summed E-state index contributed by atoms with van der Waals surface area (Å²) in [4.78, 5) is 16.2. The summed E-state index contributed by atoms with van der Waals surface area (Å²) < 4.78 is 22.5. The highest BCUT2D eigenvalue weighted by molar-refractivity contribution is 7.73. The van der Waals surface area contributed by atoms with Crippen LogP contribution in [-0.4, -0.2) is 36.2 Å². The minimum absolute atomic E-state index is 0.00986. The molecule has 0 aromatic carbocycles. The maximum absolute atomic E-state index is 11.3. The molecule has 1 heterocycles. The number of oxime groups is 1. The SMILES string of the molecule is CC1CC(C2=C(Cl)C(C(=O)O)=CC(=S(=O)=O)C2C)=NO1. The van der Waals surface area contributed by atoms with Crippen LogP contribution in [-0.2, 0) is 19.9 Å². The lowest BCUT2D eigenvalue weighted by Crippen LogP contribution is -2.25. The smallest absolute Gasteiger partial charge is 0.337 e. The first-order valence-corrected chi connectivity index (χ1v) is 7.32. The summed E-state index contributed by atoms with van der Waals surface area (Å²) in [5.41, 5.74) is 0.640. The van der Waals surface area contributed by atoms with Crippen LogP contribution in [0.25, 0.3) is 0 Å². The zero-order valence-electron chi connectivity index (χ0n) is 10.8. The van der Waals surface area contributed by atoms with Crippen molar-refractivity contribution in [3.05, 3.63) is 22.3 Å². The third kappa shape index (κ3) is 2.51. The van der Waals surface area contributed by atoms with Gasteiger partial charge >= 0.3 is 5.97 Å². The van der Waals surface area contributed by atoms with Gasteiger partial charge in [0.2, 0.25) is 10.3 Å². The fraction of sp³-hybridized carbons (Fsp3) is 0.417. The number of allylic oxidation sites excluding steroid dienone is 2. The predicted octanol–water partition coefficient (Wildman–Crippen LogP) is 1.36. The maximum Gasteiger partial charge on any atom is 0.337 e. The van der Waals surface area contributed by atoms with Crippen molar-refractivity contribution in [1.29, 1.82) is 0 Å². The Morgan fingerprint density at radius 1 is 1.50 bits per heavy atom. The van der Waals surface area contributed by atoms with E-state index in [0.29, 0.717) is 17.7 Å². The van der Waals surface area contributed by atoms with E-state index in [4.69, 9.17) is 21.5 Å². The summed E-state index contributed by atoms with van der Waals surface area (Å²) in [6.45, 7) is 3.45. The summed E-state index contributed by atoms with van der Waals surface area (Å²) in [5, 5.41) is 13.0. The topological polar surface area (TPSA) is 93.0 Å². The molecule has 1 aliphatic heterocycles. The van der Waals surface area contributed by atoms with Crippen LogP contribution in [0.15, 0.2) is 27.4 Å². The summed E-state index contributed by atoms with van der Waals surface area (Å²) in [7, 11) is -2.53. The van der Waals surface area contributed by atoms with E-state index < -0.39 is 22.2 Å². The van der Waals surface area contributed by atoms with Crippen molar-refractivity contribution in [3.63, 3.8) is 0 Å².